The molecule has 0 aliphatic carbocycles. The van der Waals surface area contributed by atoms with Gasteiger partial charge >= 0.3 is 0 Å². The molecule has 0 fully saturated rings. The second-order valence-electron chi connectivity index (χ2n) is 6.85. The van der Waals surface area contributed by atoms with E-state index in [0.29, 0.717) is 11.5 Å². The number of anilines is 4. The molecule has 2 aliphatic rings. The highest BCUT2D eigenvalue weighted by Crippen LogP contribution is 2.41. The number of nitrogens with zero attached hydrogens (tertiary/aromatic N) is 3. The van der Waals surface area contributed by atoms with Crippen molar-refractivity contribution < 1.29 is 4.79 Å². The number of hydrogen-bond donors (Lipinski definition) is 2. The van der Waals surface area contributed by atoms with Crippen molar-refractivity contribution in [1.29, 1.82) is 0 Å². The molecule has 0 bridgehead atoms. The summed E-state index contributed by atoms with van der Waals surface area (Å²) < 4.78 is 0. The maximum Gasteiger partial charge on any atom is 0.247 e. The van der Waals surface area contributed by atoms with Gasteiger partial charge in [-0.2, -0.15) is 0 Å². The number of carbonyl (C=O) groups is 1. The van der Waals surface area contributed by atoms with Crippen molar-refractivity contribution in [2.75, 3.05) is 22.1 Å². The molecule has 0 spiro atoms. The van der Waals surface area contributed by atoms with Crippen LogP contribution in [0.1, 0.15) is 31.7 Å². The van der Waals surface area contributed by atoms with E-state index in [1.54, 1.807) is 0 Å². The van der Waals surface area contributed by atoms with Gasteiger partial charge in [-0.3, -0.25) is 4.79 Å². The molecule has 2 N–H and O–H groups in total. The number of para-hydroxylation sites is 1. The highest BCUT2D eigenvalue weighted by Gasteiger charge is 2.34. The second kappa shape index (κ2) is 6.02. The first-order valence-electron chi connectivity index (χ1n) is 8.90. The SMILES string of the molecule is CCC(C)C1Nc2nc(C)nc(N3CCc4ccccc43)c2NC1=O. The van der Waals surface area contributed by atoms with Crippen LogP contribution in [0.4, 0.5) is 23.0 Å². The lowest BCUT2D eigenvalue weighted by atomic mass is 9.97. The highest BCUT2D eigenvalue weighted by molar-refractivity contribution is 6.05. The fourth-order valence-corrected chi connectivity index (χ4v) is 3.58. The van der Waals surface area contributed by atoms with E-state index in [4.69, 9.17) is 0 Å². The minimum Gasteiger partial charge on any atom is -0.356 e. The number of aryl methyl sites for hydroxylation is 1. The maximum absolute atomic E-state index is 12.6. The average molecular weight is 337 g/mol. The lowest BCUT2D eigenvalue weighted by molar-refractivity contribution is -0.118. The molecule has 6 heteroatoms. The Morgan fingerprint density at radius 1 is 1.32 bits per heavy atom. The monoisotopic (exact) mass is 337 g/mol. The number of carbonyl (C=O) groups excluding carboxylic acids is 1. The standard InChI is InChI=1S/C19H23N5O/c1-4-11(2)15-19(25)23-16-17(22-15)20-12(3)21-18(16)24-10-9-13-7-5-6-8-14(13)24/h5-8,11,15H,4,9-10H2,1-3H3,(H,23,25)(H,20,21,22). The van der Waals surface area contributed by atoms with Gasteiger partial charge in [0.25, 0.3) is 0 Å². The van der Waals surface area contributed by atoms with Crippen LogP contribution in [0.25, 0.3) is 0 Å². The van der Waals surface area contributed by atoms with Crippen LogP contribution >= 0.6 is 0 Å². The first-order chi connectivity index (χ1) is 12.1. The molecule has 1 amide bonds. The molecular formula is C19H23N5O. The van der Waals surface area contributed by atoms with Crippen LogP contribution in [0, 0.1) is 12.8 Å². The number of amides is 1. The van der Waals surface area contributed by atoms with Gasteiger partial charge in [0.2, 0.25) is 5.91 Å². The van der Waals surface area contributed by atoms with Crippen molar-refractivity contribution >= 4 is 28.9 Å². The summed E-state index contributed by atoms with van der Waals surface area (Å²) in [4.78, 5) is 24.0. The van der Waals surface area contributed by atoms with Crippen LogP contribution in [0.15, 0.2) is 24.3 Å². The summed E-state index contributed by atoms with van der Waals surface area (Å²) in [5.41, 5.74) is 3.15. The van der Waals surface area contributed by atoms with Crippen molar-refractivity contribution in [1.82, 2.24) is 9.97 Å². The molecule has 0 radical (unpaired) electrons. The zero-order valence-electron chi connectivity index (χ0n) is 14.8. The van der Waals surface area contributed by atoms with Crippen molar-refractivity contribution in [2.24, 2.45) is 5.92 Å². The fourth-order valence-electron chi connectivity index (χ4n) is 3.58. The Balaban J connectivity index is 1.77. The Morgan fingerprint density at radius 2 is 2.12 bits per heavy atom. The lowest BCUT2D eigenvalue weighted by Crippen LogP contribution is -2.44. The summed E-state index contributed by atoms with van der Waals surface area (Å²) >= 11 is 0. The Hall–Kier alpha value is -2.63. The van der Waals surface area contributed by atoms with Crippen LogP contribution in [-0.4, -0.2) is 28.5 Å². The molecule has 6 nitrogen and oxygen atoms in total. The quantitative estimate of drug-likeness (QED) is 0.900. The van der Waals surface area contributed by atoms with Gasteiger partial charge in [0, 0.05) is 12.2 Å². The lowest BCUT2D eigenvalue weighted by Gasteiger charge is -2.32. The number of aromatic nitrogens is 2. The van der Waals surface area contributed by atoms with E-state index in [1.165, 1.54) is 5.56 Å². The first kappa shape index (κ1) is 15.9. The maximum atomic E-state index is 12.6. The predicted molar refractivity (Wildman–Crippen MR) is 99.4 cm³/mol. The van der Waals surface area contributed by atoms with E-state index in [0.717, 1.165) is 36.7 Å². The molecule has 130 valence electrons. The van der Waals surface area contributed by atoms with Crippen LogP contribution in [0.3, 0.4) is 0 Å². The third-order valence-electron chi connectivity index (χ3n) is 5.18. The summed E-state index contributed by atoms with van der Waals surface area (Å²) in [6.45, 7) is 6.91. The van der Waals surface area contributed by atoms with Crippen molar-refractivity contribution in [3.05, 3.63) is 35.7 Å². The van der Waals surface area contributed by atoms with Crippen LogP contribution in [-0.2, 0) is 11.2 Å². The number of rotatable bonds is 3. The first-order valence-corrected chi connectivity index (χ1v) is 8.90. The molecule has 0 saturated carbocycles. The summed E-state index contributed by atoms with van der Waals surface area (Å²) in [6, 6.07) is 8.08. The van der Waals surface area contributed by atoms with Gasteiger partial charge < -0.3 is 15.5 Å². The van der Waals surface area contributed by atoms with E-state index in [9.17, 15) is 4.79 Å². The Labute approximate surface area is 147 Å². The van der Waals surface area contributed by atoms with Crippen LogP contribution in [0.5, 0.6) is 0 Å². The van der Waals surface area contributed by atoms with Gasteiger partial charge in [0.1, 0.15) is 17.6 Å². The van der Waals surface area contributed by atoms with Gasteiger partial charge in [-0.05, 0) is 30.9 Å². The van der Waals surface area contributed by atoms with Crippen LogP contribution < -0.4 is 15.5 Å². The Morgan fingerprint density at radius 3 is 2.92 bits per heavy atom. The molecule has 2 aromatic rings. The number of nitrogens with one attached hydrogen (secondary N) is 2. The minimum atomic E-state index is -0.259. The summed E-state index contributed by atoms with van der Waals surface area (Å²) in [6.07, 6.45) is 1.90. The zero-order chi connectivity index (χ0) is 17.6. The number of hydrogen-bond acceptors (Lipinski definition) is 5. The van der Waals surface area contributed by atoms with Crippen molar-refractivity contribution in [3.63, 3.8) is 0 Å². The van der Waals surface area contributed by atoms with Crippen LogP contribution in [0.2, 0.25) is 0 Å². The third-order valence-corrected chi connectivity index (χ3v) is 5.18. The highest BCUT2D eigenvalue weighted by atomic mass is 16.2. The second-order valence-corrected chi connectivity index (χ2v) is 6.85. The molecule has 2 unspecified atom stereocenters. The molecule has 25 heavy (non-hydrogen) atoms. The minimum absolute atomic E-state index is 0.0111. The van der Waals surface area contributed by atoms with Gasteiger partial charge in [0.15, 0.2) is 11.6 Å². The van der Waals surface area contributed by atoms with Gasteiger partial charge in [0.05, 0.1) is 0 Å². The normalized spacial score (nSPS) is 19.7. The zero-order valence-corrected chi connectivity index (χ0v) is 14.8. The molecule has 1 aromatic heterocycles. The molecule has 2 atom stereocenters. The molecule has 0 saturated heterocycles. The van der Waals surface area contributed by atoms with Gasteiger partial charge in [-0.1, -0.05) is 38.5 Å². The molecule has 4 rings (SSSR count). The average Bonchev–Trinajstić information content (AvgIpc) is 3.04. The largest absolute Gasteiger partial charge is 0.356 e. The fraction of sp³-hybridized carbons (Fsp3) is 0.421. The van der Waals surface area contributed by atoms with E-state index in [-0.39, 0.29) is 17.9 Å². The summed E-state index contributed by atoms with van der Waals surface area (Å²) in [5.74, 6) is 2.42. The Bertz CT molecular complexity index is 835. The Kier molecular flexibility index (Phi) is 3.82. The van der Waals surface area contributed by atoms with Gasteiger partial charge in [-0.25, -0.2) is 9.97 Å². The van der Waals surface area contributed by atoms with Crippen molar-refractivity contribution in [2.45, 2.75) is 39.7 Å². The molecule has 1 aromatic carbocycles. The van der Waals surface area contributed by atoms with E-state index in [1.807, 2.05) is 13.0 Å². The topological polar surface area (TPSA) is 70.2 Å². The summed E-state index contributed by atoms with van der Waals surface area (Å²) in [5, 5.41) is 6.40. The number of fused-ring (bicyclic) bond motifs is 2. The molecular weight excluding hydrogens is 314 g/mol. The molecule has 2 aliphatic heterocycles. The number of benzene rings is 1. The van der Waals surface area contributed by atoms with Gasteiger partial charge in [-0.15, -0.1) is 0 Å². The predicted octanol–water partition coefficient (Wildman–Crippen LogP) is 3.26. The smallest absolute Gasteiger partial charge is 0.247 e. The summed E-state index contributed by atoms with van der Waals surface area (Å²) in [7, 11) is 0. The molecule has 3 heterocycles. The van der Waals surface area contributed by atoms with E-state index >= 15 is 0 Å². The van der Waals surface area contributed by atoms with E-state index < -0.39 is 0 Å². The van der Waals surface area contributed by atoms with E-state index in [2.05, 4.69) is 57.5 Å². The van der Waals surface area contributed by atoms with Crippen molar-refractivity contribution in [3.8, 4) is 0 Å². The third kappa shape index (κ3) is 2.62.